The molecule has 11 atom stereocenters. The summed E-state index contributed by atoms with van der Waals surface area (Å²) < 4.78 is 24.0. The second-order valence-corrected chi connectivity index (χ2v) is 15.5. The molecule has 1 amide bonds. The number of nitrogens with zero attached hydrogens (tertiary/aromatic N) is 1. The van der Waals surface area contributed by atoms with E-state index in [2.05, 4.69) is 6.92 Å². The Morgan fingerprint density at radius 1 is 1.04 bits per heavy atom. The van der Waals surface area contributed by atoms with Gasteiger partial charge in [-0.05, 0) is 93.6 Å². The lowest BCUT2D eigenvalue weighted by Gasteiger charge is -2.47. The molecule has 3 rings (SSSR count). The van der Waals surface area contributed by atoms with Crippen LogP contribution in [0.15, 0.2) is 23.3 Å². The third-order valence-corrected chi connectivity index (χ3v) is 11.5. The lowest BCUT2D eigenvalue weighted by Crippen LogP contribution is -2.64. The largest absolute Gasteiger partial charge is 0.455 e. The highest BCUT2D eigenvalue weighted by molar-refractivity contribution is 6.39. The summed E-state index contributed by atoms with van der Waals surface area (Å²) in [7, 11) is 3.07. The minimum absolute atomic E-state index is 0.00993. The summed E-state index contributed by atoms with van der Waals surface area (Å²) in [6.07, 6.45) is 4.14. The van der Waals surface area contributed by atoms with Gasteiger partial charge in [0.1, 0.15) is 18.2 Å². The number of amides is 1. The first kappa shape index (κ1) is 43.9. The van der Waals surface area contributed by atoms with Crippen LogP contribution in [0, 0.1) is 23.7 Å². The smallest absolute Gasteiger partial charge is 0.329 e. The molecule has 296 valence electrons. The third-order valence-electron chi connectivity index (χ3n) is 11.5. The summed E-state index contributed by atoms with van der Waals surface area (Å²) >= 11 is 0. The maximum atomic E-state index is 14.1. The van der Waals surface area contributed by atoms with Crippen molar-refractivity contribution in [3.63, 3.8) is 0 Å². The molecule has 0 aromatic heterocycles. The van der Waals surface area contributed by atoms with E-state index in [4.69, 9.17) is 24.7 Å². The Morgan fingerprint density at radius 2 is 1.67 bits per heavy atom. The van der Waals surface area contributed by atoms with E-state index < -0.39 is 72.0 Å². The van der Waals surface area contributed by atoms with Crippen LogP contribution in [0.25, 0.3) is 0 Å². The quantitative estimate of drug-likeness (QED) is 0.192. The van der Waals surface area contributed by atoms with Crippen molar-refractivity contribution in [3.8, 4) is 0 Å². The van der Waals surface area contributed by atoms with E-state index in [1.54, 1.807) is 13.8 Å². The molecule has 12 nitrogen and oxygen atoms in total. The van der Waals surface area contributed by atoms with Crippen LogP contribution in [0.5, 0.6) is 0 Å². The summed E-state index contributed by atoms with van der Waals surface area (Å²) in [5.74, 6) is -6.29. The molecule has 52 heavy (non-hydrogen) atoms. The molecule has 0 spiro atoms. The van der Waals surface area contributed by atoms with Crippen LogP contribution in [0.4, 0.5) is 0 Å². The number of esters is 1. The molecule has 3 aliphatic heterocycles. The number of aliphatic hydroxyl groups excluding tert-OH is 1. The van der Waals surface area contributed by atoms with E-state index in [-0.39, 0.29) is 49.3 Å². The number of ether oxygens (including phenoxy) is 4. The number of fused-ring (bicyclic) bond motifs is 3. The number of carbonyl (C=O) groups is 4. The van der Waals surface area contributed by atoms with Gasteiger partial charge in [-0.25, -0.2) is 4.79 Å². The molecule has 3 aliphatic rings. The minimum Gasteiger partial charge on any atom is -0.455 e. The van der Waals surface area contributed by atoms with Gasteiger partial charge < -0.3 is 39.8 Å². The number of aliphatic hydroxyl groups is 2. The van der Waals surface area contributed by atoms with Gasteiger partial charge in [0.2, 0.25) is 5.79 Å². The zero-order valence-corrected chi connectivity index (χ0v) is 33.0. The van der Waals surface area contributed by atoms with Gasteiger partial charge in [0.25, 0.3) is 11.7 Å². The van der Waals surface area contributed by atoms with Crippen LogP contribution in [0.2, 0.25) is 0 Å². The number of carbonyl (C=O) groups excluding carboxylic acids is 4. The highest BCUT2D eigenvalue weighted by atomic mass is 16.7. The standard InChI is InChI=1S/C40H66N2O10/c1-10-27(11-2)20-25(6)35-34(41)31(44)22-30(43)28(12-3)18-23(4)17-24(5)19-32(49-8)36-33(50-9)21-26(7)40(48,52-36)37(45)38(46)42-16-14-13-15-29(42)39(47)51-35/h18,20,23-24,26-27,29,31-36,44,48H,10-17,19,21-22,41H2,1-9H3/b25-20?,28-18+. The van der Waals surface area contributed by atoms with Crippen molar-refractivity contribution in [3.05, 3.63) is 23.3 Å². The first-order valence-electron chi connectivity index (χ1n) is 19.4. The monoisotopic (exact) mass is 734 g/mol. The third kappa shape index (κ3) is 10.4. The molecule has 0 saturated carbocycles. The van der Waals surface area contributed by atoms with Crippen molar-refractivity contribution in [2.24, 2.45) is 29.4 Å². The molecule has 2 bridgehead atoms. The normalized spacial score (nSPS) is 37.9. The predicted octanol–water partition coefficient (Wildman–Crippen LogP) is 4.42. The molecule has 11 unspecified atom stereocenters. The fourth-order valence-electron chi connectivity index (χ4n) is 8.21. The van der Waals surface area contributed by atoms with Crippen molar-refractivity contribution < 1.29 is 48.3 Å². The average Bonchev–Trinajstić information content (AvgIpc) is 3.13. The minimum atomic E-state index is -2.49. The molecule has 3 heterocycles. The zero-order valence-electron chi connectivity index (χ0n) is 33.0. The average molecular weight is 735 g/mol. The number of cyclic esters (lactones) is 1. The van der Waals surface area contributed by atoms with Crippen molar-refractivity contribution in [2.75, 3.05) is 20.8 Å². The summed E-state index contributed by atoms with van der Waals surface area (Å²) in [5, 5.41) is 23.3. The van der Waals surface area contributed by atoms with Crippen molar-refractivity contribution in [1.29, 1.82) is 0 Å². The van der Waals surface area contributed by atoms with E-state index in [0.717, 1.165) is 12.8 Å². The summed E-state index contributed by atoms with van der Waals surface area (Å²) in [6.45, 7) is 13.6. The molecule has 12 heteroatoms. The van der Waals surface area contributed by atoms with E-state index in [1.165, 1.54) is 19.1 Å². The molecular formula is C40H66N2O10. The summed E-state index contributed by atoms with van der Waals surface area (Å²) in [4.78, 5) is 57.0. The molecule has 0 aliphatic carbocycles. The van der Waals surface area contributed by atoms with Crippen molar-refractivity contribution >= 4 is 23.4 Å². The number of hydrogen-bond acceptors (Lipinski definition) is 11. The van der Waals surface area contributed by atoms with Gasteiger partial charge in [0.15, 0.2) is 5.78 Å². The Balaban J connectivity index is 2.13. The number of hydrogen-bond donors (Lipinski definition) is 3. The van der Waals surface area contributed by atoms with E-state index >= 15 is 0 Å². The number of ketones is 2. The lowest BCUT2D eigenvalue weighted by atomic mass is 9.81. The first-order chi connectivity index (χ1) is 24.6. The Morgan fingerprint density at radius 3 is 2.27 bits per heavy atom. The van der Waals surface area contributed by atoms with Gasteiger partial charge >= 0.3 is 5.97 Å². The number of Topliss-reactive ketones (excluding diaryl/α,β-unsaturated/α-hetero) is 2. The van der Waals surface area contributed by atoms with Gasteiger partial charge in [-0.1, -0.05) is 53.7 Å². The summed E-state index contributed by atoms with van der Waals surface area (Å²) in [5.41, 5.74) is 7.87. The fourth-order valence-corrected chi connectivity index (χ4v) is 8.21. The number of methoxy groups -OCH3 is 2. The van der Waals surface area contributed by atoms with E-state index in [1.807, 2.05) is 39.8 Å². The maximum Gasteiger partial charge on any atom is 0.329 e. The highest BCUT2D eigenvalue weighted by Crippen LogP contribution is 2.39. The first-order valence-corrected chi connectivity index (χ1v) is 19.4. The molecule has 2 fully saturated rings. The summed E-state index contributed by atoms with van der Waals surface area (Å²) in [6, 6.07) is -2.28. The van der Waals surface area contributed by atoms with Crippen LogP contribution in [-0.4, -0.2) is 108 Å². The Bertz CT molecular complexity index is 1300. The van der Waals surface area contributed by atoms with E-state index in [9.17, 15) is 29.4 Å². The van der Waals surface area contributed by atoms with Gasteiger partial charge in [-0.15, -0.1) is 0 Å². The van der Waals surface area contributed by atoms with Gasteiger partial charge in [0.05, 0.1) is 24.4 Å². The second-order valence-electron chi connectivity index (χ2n) is 15.5. The van der Waals surface area contributed by atoms with Gasteiger partial charge in [-0.2, -0.15) is 0 Å². The molecule has 4 N–H and O–H groups in total. The molecule has 0 aromatic rings. The van der Waals surface area contributed by atoms with Gasteiger partial charge in [0, 0.05) is 33.1 Å². The maximum absolute atomic E-state index is 14.1. The molecule has 0 aromatic carbocycles. The Labute approximate surface area is 310 Å². The fraction of sp³-hybridized carbons (Fsp3) is 0.800. The lowest BCUT2D eigenvalue weighted by molar-refractivity contribution is -0.302. The number of rotatable bonds is 7. The SMILES string of the molecule is CC/C1=C\C(C)CC(C)CC(OC)C2OC(O)(C(=O)C(=O)N3CCCCC3C(=O)OC(C(C)=CC(CC)CC)C(N)C(O)CC1=O)C(C)CC2OC. The number of allylic oxidation sites excluding steroid dienone is 3. The molecule has 0 radical (unpaired) electrons. The highest BCUT2D eigenvalue weighted by Gasteiger charge is 2.56. The topological polar surface area (TPSA) is 175 Å². The second kappa shape index (κ2) is 19.7. The predicted molar refractivity (Wildman–Crippen MR) is 197 cm³/mol. The van der Waals surface area contributed by atoms with Crippen molar-refractivity contribution in [2.45, 2.75) is 161 Å². The molecular weight excluding hydrogens is 668 g/mol. The number of nitrogens with two attached hydrogens (primary N) is 1. The van der Waals surface area contributed by atoms with Crippen molar-refractivity contribution in [1.82, 2.24) is 4.90 Å². The Hall–Kier alpha value is -2.48. The Kier molecular flexibility index (Phi) is 16.7. The van der Waals surface area contributed by atoms with Crippen LogP contribution in [0.1, 0.15) is 113 Å². The molecule has 2 saturated heterocycles. The van der Waals surface area contributed by atoms with Crippen LogP contribution in [-0.2, 0) is 38.1 Å². The number of piperidine rings is 1. The van der Waals surface area contributed by atoms with Crippen LogP contribution >= 0.6 is 0 Å². The van der Waals surface area contributed by atoms with Crippen LogP contribution in [0.3, 0.4) is 0 Å². The van der Waals surface area contributed by atoms with E-state index in [0.29, 0.717) is 43.3 Å². The van der Waals surface area contributed by atoms with Crippen LogP contribution < -0.4 is 5.73 Å². The zero-order chi connectivity index (χ0) is 38.9. The van der Waals surface area contributed by atoms with Gasteiger partial charge in [-0.3, -0.25) is 14.4 Å².